The number of guanidine groups is 1. The highest BCUT2D eigenvalue weighted by molar-refractivity contribution is 5.79. The van der Waals surface area contributed by atoms with Crippen LogP contribution in [0, 0.1) is 5.92 Å². The first-order valence-electron chi connectivity index (χ1n) is 8.41. The Balaban J connectivity index is 1.76. The van der Waals surface area contributed by atoms with Crippen LogP contribution in [-0.2, 0) is 6.54 Å². The SMILES string of the molecule is CN=C(NCc1ccccc1)NC[C@H]1CCCN1CC(C)C. The van der Waals surface area contributed by atoms with Crippen LogP contribution >= 0.6 is 0 Å². The van der Waals surface area contributed by atoms with E-state index in [0.717, 1.165) is 25.0 Å². The molecule has 4 heteroatoms. The van der Waals surface area contributed by atoms with Gasteiger partial charge in [-0.1, -0.05) is 44.2 Å². The number of hydrogen-bond acceptors (Lipinski definition) is 2. The van der Waals surface area contributed by atoms with Crippen LogP contribution in [0.1, 0.15) is 32.3 Å². The summed E-state index contributed by atoms with van der Waals surface area (Å²) < 4.78 is 0. The molecule has 1 heterocycles. The van der Waals surface area contributed by atoms with Crippen LogP contribution in [0.4, 0.5) is 0 Å². The number of nitrogens with one attached hydrogen (secondary N) is 2. The lowest BCUT2D eigenvalue weighted by atomic mass is 10.1. The fourth-order valence-electron chi connectivity index (χ4n) is 3.05. The van der Waals surface area contributed by atoms with E-state index >= 15 is 0 Å². The lowest BCUT2D eigenvalue weighted by Crippen LogP contribution is -2.45. The van der Waals surface area contributed by atoms with Gasteiger partial charge in [0.2, 0.25) is 0 Å². The van der Waals surface area contributed by atoms with Crippen molar-refractivity contribution < 1.29 is 0 Å². The third-order valence-electron chi connectivity index (χ3n) is 4.13. The van der Waals surface area contributed by atoms with Gasteiger partial charge in [0, 0.05) is 32.7 Å². The fourth-order valence-corrected chi connectivity index (χ4v) is 3.05. The van der Waals surface area contributed by atoms with Crippen LogP contribution in [0.3, 0.4) is 0 Å². The van der Waals surface area contributed by atoms with Gasteiger partial charge < -0.3 is 10.6 Å². The van der Waals surface area contributed by atoms with E-state index in [1.54, 1.807) is 0 Å². The largest absolute Gasteiger partial charge is 0.355 e. The number of rotatable bonds is 6. The Morgan fingerprint density at radius 3 is 2.73 bits per heavy atom. The maximum atomic E-state index is 4.33. The molecule has 1 aliphatic heterocycles. The summed E-state index contributed by atoms with van der Waals surface area (Å²) in [5.41, 5.74) is 1.27. The van der Waals surface area contributed by atoms with Crippen LogP contribution < -0.4 is 10.6 Å². The summed E-state index contributed by atoms with van der Waals surface area (Å²) in [5, 5.41) is 6.87. The molecule has 1 fully saturated rings. The van der Waals surface area contributed by atoms with Gasteiger partial charge in [-0.05, 0) is 30.9 Å². The van der Waals surface area contributed by atoms with E-state index in [0.29, 0.717) is 6.04 Å². The molecule has 1 aromatic carbocycles. The smallest absolute Gasteiger partial charge is 0.191 e. The predicted molar refractivity (Wildman–Crippen MR) is 94.1 cm³/mol. The van der Waals surface area contributed by atoms with E-state index in [1.807, 2.05) is 13.1 Å². The van der Waals surface area contributed by atoms with Crippen LogP contribution in [-0.4, -0.2) is 43.6 Å². The van der Waals surface area contributed by atoms with E-state index in [-0.39, 0.29) is 0 Å². The molecule has 0 aromatic heterocycles. The van der Waals surface area contributed by atoms with E-state index in [9.17, 15) is 0 Å². The highest BCUT2D eigenvalue weighted by Gasteiger charge is 2.24. The monoisotopic (exact) mass is 302 g/mol. The Morgan fingerprint density at radius 2 is 2.05 bits per heavy atom. The van der Waals surface area contributed by atoms with Crippen LogP contribution in [0.15, 0.2) is 35.3 Å². The summed E-state index contributed by atoms with van der Waals surface area (Å²) in [4.78, 5) is 6.94. The molecule has 4 nitrogen and oxygen atoms in total. The molecule has 0 unspecified atom stereocenters. The van der Waals surface area contributed by atoms with Gasteiger partial charge in [0.25, 0.3) is 0 Å². The van der Waals surface area contributed by atoms with Crippen molar-refractivity contribution in [2.75, 3.05) is 26.7 Å². The first-order valence-corrected chi connectivity index (χ1v) is 8.41. The third kappa shape index (κ3) is 5.34. The van der Waals surface area contributed by atoms with Crippen LogP contribution in [0.25, 0.3) is 0 Å². The zero-order valence-corrected chi connectivity index (χ0v) is 14.2. The Hall–Kier alpha value is -1.55. The van der Waals surface area contributed by atoms with Gasteiger partial charge in [-0.25, -0.2) is 0 Å². The molecule has 1 saturated heterocycles. The Kier molecular flexibility index (Phi) is 6.72. The molecule has 2 N–H and O–H groups in total. The average molecular weight is 302 g/mol. The molecule has 0 amide bonds. The molecule has 22 heavy (non-hydrogen) atoms. The molecule has 1 atom stereocenters. The minimum Gasteiger partial charge on any atom is -0.355 e. The molecule has 0 bridgehead atoms. The molecule has 0 aliphatic carbocycles. The molecule has 0 spiro atoms. The van der Waals surface area contributed by atoms with Gasteiger partial charge in [-0.2, -0.15) is 0 Å². The van der Waals surface area contributed by atoms with Gasteiger partial charge in [-0.15, -0.1) is 0 Å². The predicted octanol–water partition coefficient (Wildman–Crippen LogP) is 2.47. The Morgan fingerprint density at radius 1 is 1.27 bits per heavy atom. The highest BCUT2D eigenvalue weighted by atomic mass is 15.2. The Bertz CT molecular complexity index is 455. The van der Waals surface area contributed by atoms with Gasteiger partial charge in [0.15, 0.2) is 5.96 Å². The van der Waals surface area contributed by atoms with Crippen molar-refractivity contribution in [3.63, 3.8) is 0 Å². The zero-order chi connectivity index (χ0) is 15.8. The van der Waals surface area contributed by atoms with Gasteiger partial charge in [0.1, 0.15) is 0 Å². The van der Waals surface area contributed by atoms with E-state index in [4.69, 9.17) is 0 Å². The second-order valence-electron chi connectivity index (χ2n) is 6.48. The summed E-state index contributed by atoms with van der Waals surface area (Å²) in [6.07, 6.45) is 2.60. The quantitative estimate of drug-likeness (QED) is 0.626. The van der Waals surface area contributed by atoms with E-state index < -0.39 is 0 Å². The first kappa shape index (κ1) is 16.8. The summed E-state index contributed by atoms with van der Waals surface area (Å²) in [6, 6.07) is 11.1. The molecule has 0 radical (unpaired) electrons. The lowest BCUT2D eigenvalue weighted by molar-refractivity contribution is 0.226. The molecule has 0 saturated carbocycles. The lowest BCUT2D eigenvalue weighted by Gasteiger charge is -2.27. The molecular formula is C18H30N4. The summed E-state index contributed by atoms with van der Waals surface area (Å²) in [5.74, 6) is 1.62. The molecule has 1 aromatic rings. The van der Waals surface area contributed by atoms with E-state index in [2.05, 4.69) is 58.6 Å². The second-order valence-corrected chi connectivity index (χ2v) is 6.48. The summed E-state index contributed by atoms with van der Waals surface area (Å²) >= 11 is 0. The van der Waals surface area contributed by atoms with Crippen molar-refractivity contribution in [3.8, 4) is 0 Å². The maximum Gasteiger partial charge on any atom is 0.191 e. The second kappa shape index (κ2) is 8.79. The zero-order valence-electron chi connectivity index (χ0n) is 14.2. The number of benzene rings is 1. The normalized spacial score (nSPS) is 19.6. The van der Waals surface area contributed by atoms with Gasteiger partial charge in [-0.3, -0.25) is 9.89 Å². The highest BCUT2D eigenvalue weighted by Crippen LogP contribution is 2.17. The van der Waals surface area contributed by atoms with Crippen molar-refractivity contribution in [2.24, 2.45) is 10.9 Å². The number of nitrogens with zero attached hydrogens (tertiary/aromatic N) is 2. The van der Waals surface area contributed by atoms with Crippen molar-refractivity contribution >= 4 is 5.96 Å². The molecular weight excluding hydrogens is 272 g/mol. The van der Waals surface area contributed by atoms with Crippen LogP contribution in [0.2, 0.25) is 0 Å². The molecule has 1 aliphatic rings. The Labute approximate surface area is 135 Å². The summed E-state index contributed by atoms with van der Waals surface area (Å²) in [7, 11) is 1.83. The standard InChI is InChI=1S/C18H30N4/c1-15(2)14-22-11-7-10-17(22)13-21-18(19-3)20-12-16-8-5-4-6-9-16/h4-6,8-9,15,17H,7,10-14H2,1-3H3,(H2,19,20,21)/t17-/m1/s1. The molecule has 2 rings (SSSR count). The minimum atomic E-state index is 0.637. The number of hydrogen-bond donors (Lipinski definition) is 2. The summed E-state index contributed by atoms with van der Waals surface area (Å²) in [6.45, 7) is 8.80. The van der Waals surface area contributed by atoms with Crippen molar-refractivity contribution in [2.45, 2.75) is 39.3 Å². The van der Waals surface area contributed by atoms with Gasteiger partial charge in [0.05, 0.1) is 0 Å². The maximum absolute atomic E-state index is 4.33. The van der Waals surface area contributed by atoms with Crippen molar-refractivity contribution in [1.29, 1.82) is 0 Å². The minimum absolute atomic E-state index is 0.637. The topological polar surface area (TPSA) is 39.7 Å². The number of likely N-dealkylation sites (tertiary alicyclic amines) is 1. The molecule has 122 valence electrons. The third-order valence-corrected chi connectivity index (χ3v) is 4.13. The van der Waals surface area contributed by atoms with Crippen LogP contribution in [0.5, 0.6) is 0 Å². The van der Waals surface area contributed by atoms with Crippen molar-refractivity contribution in [3.05, 3.63) is 35.9 Å². The number of aliphatic imine (C=N–C) groups is 1. The van der Waals surface area contributed by atoms with Gasteiger partial charge >= 0.3 is 0 Å². The average Bonchev–Trinajstić information content (AvgIpc) is 2.95. The first-order chi connectivity index (χ1) is 10.7. The fraction of sp³-hybridized carbons (Fsp3) is 0.611. The van der Waals surface area contributed by atoms with Crippen molar-refractivity contribution in [1.82, 2.24) is 15.5 Å². The van der Waals surface area contributed by atoms with E-state index in [1.165, 1.54) is 31.5 Å².